The maximum Gasteiger partial charge on any atom is 0.186 e. The van der Waals surface area contributed by atoms with Crippen LogP contribution in [0.4, 0.5) is 0 Å². The third-order valence-corrected chi connectivity index (χ3v) is 2.68. The number of aliphatic hydroxyl groups excluding tert-OH is 4. The first-order valence-corrected chi connectivity index (χ1v) is 5.64. The number of rotatable bonds is 6. The van der Waals surface area contributed by atoms with Gasteiger partial charge in [-0.1, -0.05) is 6.08 Å². The highest BCUT2D eigenvalue weighted by molar-refractivity contribution is 4.88. The second-order valence-corrected chi connectivity index (χ2v) is 4.00. The number of hydrogen-bond donors (Lipinski definition) is 4. The minimum absolute atomic E-state index is 0.342. The van der Waals surface area contributed by atoms with Crippen LogP contribution in [0.3, 0.4) is 0 Å². The first-order valence-electron chi connectivity index (χ1n) is 5.64. The highest BCUT2D eigenvalue weighted by Crippen LogP contribution is 2.21. The normalized spacial score (nSPS) is 38.0. The molecule has 0 saturated carbocycles. The fraction of sp³-hybridized carbons (Fsp3) is 0.818. The van der Waals surface area contributed by atoms with E-state index in [4.69, 9.17) is 14.6 Å². The first-order chi connectivity index (χ1) is 8.11. The van der Waals surface area contributed by atoms with Crippen molar-refractivity contribution in [1.29, 1.82) is 0 Å². The second-order valence-electron chi connectivity index (χ2n) is 4.00. The van der Waals surface area contributed by atoms with Crippen molar-refractivity contribution in [2.24, 2.45) is 0 Å². The molecule has 1 saturated heterocycles. The quantitative estimate of drug-likeness (QED) is 0.347. The van der Waals surface area contributed by atoms with E-state index >= 15 is 0 Å². The third-order valence-electron chi connectivity index (χ3n) is 2.68. The molecule has 0 spiro atoms. The molecule has 0 aromatic rings. The molecule has 6 nitrogen and oxygen atoms in total. The van der Waals surface area contributed by atoms with Crippen LogP contribution >= 0.6 is 0 Å². The summed E-state index contributed by atoms with van der Waals surface area (Å²) < 4.78 is 10.4. The molecule has 0 aromatic carbocycles. The van der Waals surface area contributed by atoms with E-state index in [0.29, 0.717) is 6.61 Å². The van der Waals surface area contributed by atoms with Crippen molar-refractivity contribution in [3.05, 3.63) is 12.7 Å². The van der Waals surface area contributed by atoms with E-state index < -0.39 is 37.3 Å². The van der Waals surface area contributed by atoms with Crippen molar-refractivity contribution in [3.8, 4) is 0 Å². The fourth-order valence-corrected chi connectivity index (χ4v) is 1.63. The van der Waals surface area contributed by atoms with Crippen LogP contribution in [0.5, 0.6) is 0 Å². The molecule has 1 unspecified atom stereocenters. The largest absolute Gasteiger partial charge is 0.394 e. The Morgan fingerprint density at radius 2 is 1.88 bits per heavy atom. The van der Waals surface area contributed by atoms with Crippen LogP contribution in [0.1, 0.15) is 12.8 Å². The average molecular weight is 248 g/mol. The molecule has 17 heavy (non-hydrogen) atoms. The molecule has 1 heterocycles. The van der Waals surface area contributed by atoms with Crippen molar-refractivity contribution in [3.63, 3.8) is 0 Å². The average Bonchev–Trinajstić information content (AvgIpc) is 2.34. The minimum atomic E-state index is -1.38. The van der Waals surface area contributed by atoms with Crippen LogP contribution < -0.4 is 0 Å². The Labute approximate surface area is 100 Å². The first kappa shape index (κ1) is 14.6. The predicted octanol–water partition coefficient (Wildman–Crippen LogP) is -1.23. The van der Waals surface area contributed by atoms with Crippen LogP contribution in [0.2, 0.25) is 0 Å². The summed E-state index contributed by atoms with van der Waals surface area (Å²) in [7, 11) is 0. The molecule has 0 bridgehead atoms. The van der Waals surface area contributed by atoms with Gasteiger partial charge in [0.15, 0.2) is 6.29 Å². The number of ether oxygens (including phenoxy) is 2. The smallest absolute Gasteiger partial charge is 0.186 e. The molecule has 1 aliphatic heterocycles. The number of allylic oxidation sites excluding steroid dienone is 1. The topological polar surface area (TPSA) is 99.4 Å². The minimum Gasteiger partial charge on any atom is -0.394 e. The van der Waals surface area contributed by atoms with E-state index in [1.807, 2.05) is 0 Å². The van der Waals surface area contributed by atoms with Crippen LogP contribution in [0, 0.1) is 0 Å². The zero-order valence-electron chi connectivity index (χ0n) is 9.60. The standard InChI is InChI=1S/C11H20O6/c1-2-3-4-5-16-11-10(15)9(14)8(13)7(6-12)17-11/h2,7-15H,1,3-6H2/t7-,8-,9+,10+,11?/m1/s1. The Hall–Kier alpha value is -0.500. The van der Waals surface area contributed by atoms with Gasteiger partial charge in [-0.15, -0.1) is 6.58 Å². The zero-order valence-corrected chi connectivity index (χ0v) is 9.60. The van der Waals surface area contributed by atoms with Gasteiger partial charge in [-0.25, -0.2) is 0 Å². The molecular weight excluding hydrogens is 228 g/mol. The highest BCUT2D eigenvalue weighted by atomic mass is 16.7. The van der Waals surface area contributed by atoms with Crippen molar-refractivity contribution in [1.82, 2.24) is 0 Å². The lowest BCUT2D eigenvalue weighted by Crippen LogP contribution is -2.59. The molecule has 100 valence electrons. The molecule has 1 rings (SSSR count). The monoisotopic (exact) mass is 248 g/mol. The van der Waals surface area contributed by atoms with Crippen molar-refractivity contribution < 1.29 is 29.9 Å². The molecule has 5 atom stereocenters. The molecular formula is C11H20O6. The lowest BCUT2D eigenvalue weighted by Gasteiger charge is -2.39. The van der Waals surface area contributed by atoms with Crippen molar-refractivity contribution in [2.45, 2.75) is 43.5 Å². The Bertz CT molecular complexity index is 232. The van der Waals surface area contributed by atoms with Crippen molar-refractivity contribution in [2.75, 3.05) is 13.2 Å². The van der Waals surface area contributed by atoms with Crippen molar-refractivity contribution >= 4 is 0 Å². The lowest BCUT2D eigenvalue weighted by atomic mass is 9.99. The Morgan fingerprint density at radius 1 is 1.18 bits per heavy atom. The molecule has 6 heteroatoms. The van der Waals surface area contributed by atoms with E-state index in [2.05, 4.69) is 6.58 Å². The van der Waals surface area contributed by atoms with Crippen LogP contribution in [0.15, 0.2) is 12.7 Å². The van der Waals surface area contributed by atoms with Gasteiger partial charge in [-0.2, -0.15) is 0 Å². The molecule has 1 aliphatic rings. The van der Waals surface area contributed by atoms with Gasteiger partial charge in [0.05, 0.1) is 13.2 Å². The van der Waals surface area contributed by atoms with E-state index in [1.165, 1.54) is 0 Å². The molecule has 1 fully saturated rings. The highest BCUT2D eigenvalue weighted by Gasteiger charge is 2.43. The van der Waals surface area contributed by atoms with E-state index in [0.717, 1.165) is 12.8 Å². The van der Waals surface area contributed by atoms with Gasteiger partial charge in [0, 0.05) is 0 Å². The van der Waals surface area contributed by atoms with Gasteiger partial charge in [-0.3, -0.25) is 0 Å². The molecule has 4 N–H and O–H groups in total. The van der Waals surface area contributed by atoms with Gasteiger partial charge in [0.2, 0.25) is 0 Å². The molecule has 0 aliphatic carbocycles. The van der Waals surface area contributed by atoms with E-state index in [1.54, 1.807) is 6.08 Å². The summed E-state index contributed by atoms with van der Waals surface area (Å²) >= 11 is 0. The maximum atomic E-state index is 9.62. The molecule has 0 radical (unpaired) electrons. The zero-order chi connectivity index (χ0) is 12.8. The summed E-state index contributed by atoms with van der Waals surface area (Å²) in [5, 5.41) is 37.6. The van der Waals surface area contributed by atoms with Crippen LogP contribution in [-0.4, -0.2) is 64.3 Å². The molecule has 0 aromatic heterocycles. The number of unbranched alkanes of at least 4 members (excludes halogenated alkanes) is 1. The summed E-state index contributed by atoms with van der Waals surface area (Å²) in [5.74, 6) is 0. The third kappa shape index (κ3) is 3.74. The summed E-state index contributed by atoms with van der Waals surface area (Å²) in [6, 6.07) is 0. The summed E-state index contributed by atoms with van der Waals surface area (Å²) in [5.41, 5.74) is 0. The van der Waals surface area contributed by atoms with Gasteiger partial charge in [0.1, 0.15) is 24.4 Å². The maximum absolute atomic E-state index is 9.62. The Morgan fingerprint density at radius 3 is 2.47 bits per heavy atom. The van der Waals surface area contributed by atoms with E-state index in [-0.39, 0.29) is 0 Å². The van der Waals surface area contributed by atoms with Crippen LogP contribution in [0.25, 0.3) is 0 Å². The van der Waals surface area contributed by atoms with Crippen LogP contribution in [-0.2, 0) is 9.47 Å². The Balaban J connectivity index is 2.44. The SMILES string of the molecule is C=CCCCOC1O[C@H](CO)[C@@H](O)[C@H](O)[C@@H]1O. The van der Waals surface area contributed by atoms with Gasteiger partial charge >= 0.3 is 0 Å². The predicted molar refractivity (Wildman–Crippen MR) is 59.2 cm³/mol. The summed E-state index contributed by atoms with van der Waals surface area (Å²) in [6.07, 6.45) is -2.76. The van der Waals surface area contributed by atoms with Gasteiger partial charge in [-0.05, 0) is 12.8 Å². The number of hydrogen-bond acceptors (Lipinski definition) is 6. The molecule has 0 amide bonds. The number of aliphatic hydroxyl groups is 4. The Kier molecular flexibility index (Phi) is 6.04. The summed E-state index contributed by atoms with van der Waals surface area (Å²) in [4.78, 5) is 0. The van der Waals surface area contributed by atoms with Gasteiger partial charge in [0.25, 0.3) is 0 Å². The van der Waals surface area contributed by atoms with E-state index in [9.17, 15) is 15.3 Å². The lowest BCUT2D eigenvalue weighted by molar-refractivity contribution is -0.301. The second kappa shape index (κ2) is 7.05. The van der Waals surface area contributed by atoms with Gasteiger partial charge < -0.3 is 29.9 Å². The fourth-order valence-electron chi connectivity index (χ4n) is 1.63. The summed E-state index contributed by atoms with van der Waals surface area (Å²) in [6.45, 7) is 3.46.